The zero-order chi connectivity index (χ0) is 13.0. The Morgan fingerprint density at radius 3 is 2.35 bits per heavy atom. The number of benzene rings is 1. The van der Waals surface area contributed by atoms with Gasteiger partial charge in [0.25, 0.3) is 5.69 Å². The minimum atomic E-state index is -0.193. The molecule has 0 aliphatic heterocycles. The summed E-state index contributed by atoms with van der Waals surface area (Å²) in [6.07, 6.45) is 1.82. The number of pyridine rings is 1. The van der Waals surface area contributed by atoms with Crippen molar-refractivity contribution in [1.82, 2.24) is 5.01 Å². The van der Waals surface area contributed by atoms with E-state index in [9.17, 15) is 4.79 Å². The Hall–Kier alpha value is -1.51. The van der Waals surface area contributed by atoms with Crippen LogP contribution in [-0.4, -0.2) is 16.4 Å². The van der Waals surface area contributed by atoms with E-state index in [1.165, 1.54) is 5.01 Å². The molecule has 0 aliphatic rings. The molecule has 0 saturated carbocycles. The molecule has 4 N–H and O–H groups in total. The second-order valence-corrected chi connectivity index (χ2v) is 4.12. The Balaban J connectivity index is 0.00000180. The van der Waals surface area contributed by atoms with Gasteiger partial charge in [-0.05, 0) is 11.6 Å². The fourth-order valence-corrected chi connectivity index (χ4v) is 1.74. The Morgan fingerprint density at radius 1 is 1.15 bits per heavy atom. The summed E-state index contributed by atoms with van der Waals surface area (Å²) in [5.41, 5.74) is 1.57. The van der Waals surface area contributed by atoms with Crippen LogP contribution < -0.4 is 34.4 Å². The molecule has 5 nitrogen and oxygen atoms in total. The Bertz CT molecular complexity index is 549. The second kappa shape index (κ2) is 8.62. The number of aryl methyl sites for hydroxylation is 1. The molecule has 2 aromatic rings. The number of hydrogen-bond donors (Lipinski definition) is 1. The molecule has 0 spiro atoms. The molecule has 0 fully saturated rings. The maximum atomic E-state index is 12.1. The van der Waals surface area contributed by atoms with Crippen molar-refractivity contribution in [3.8, 4) is 0 Å². The average Bonchev–Trinajstić information content (AvgIpc) is 2.39. The first-order chi connectivity index (χ1) is 8.68. The van der Waals surface area contributed by atoms with Crippen molar-refractivity contribution >= 4 is 5.91 Å². The van der Waals surface area contributed by atoms with E-state index in [0.717, 1.165) is 5.56 Å². The van der Waals surface area contributed by atoms with Gasteiger partial charge in [-0.25, -0.2) is 5.84 Å². The highest BCUT2D eigenvalue weighted by atomic mass is 127. The molecule has 0 bridgehead atoms. The van der Waals surface area contributed by atoms with Crippen LogP contribution in [0.3, 0.4) is 0 Å². The second-order valence-electron chi connectivity index (χ2n) is 4.12. The Labute approximate surface area is 135 Å². The summed E-state index contributed by atoms with van der Waals surface area (Å²) in [5.74, 6) is 5.63. The summed E-state index contributed by atoms with van der Waals surface area (Å²) in [6, 6.07) is 15.1. The molecule has 1 aromatic heterocycles. The van der Waals surface area contributed by atoms with Crippen molar-refractivity contribution in [3.05, 3.63) is 66.0 Å². The van der Waals surface area contributed by atoms with Gasteiger partial charge >= 0.3 is 5.91 Å². The quantitative estimate of drug-likeness (QED) is 0.203. The van der Waals surface area contributed by atoms with Gasteiger partial charge in [-0.1, -0.05) is 30.3 Å². The van der Waals surface area contributed by atoms with Crippen molar-refractivity contribution in [1.29, 1.82) is 0 Å². The van der Waals surface area contributed by atoms with Crippen LogP contribution in [0.2, 0.25) is 0 Å². The topological polar surface area (TPSA) is 81.7 Å². The zero-order valence-electron chi connectivity index (χ0n) is 11.2. The molecule has 1 heterocycles. The van der Waals surface area contributed by atoms with Gasteiger partial charge in [0, 0.05) is 12.1 Å². The van der Waals surface area contributed by atoms with E-state index in [4.69, 9.17) is 5.84 Å². The SMILES string of the molecule is C[n+]1ccccc1C(=O)N(N)Cc1ccccc1.O.[I-]. The minimum absolute atomic E-state index is 0. The fraction of sp³-hybridized carbons (Fsp3) is 0.143. The molecule has 0 unspecified atom stereocenters. The number of amides is 1. The van der Waals surface area contributed by atoms with Gasteiger partial charge in [-0.3, -0.25) is 9.80 Å². The third-order valence-corrected chi connectivity index (χ3v) is 2.73. The number of halogens is 1. The number of aromatic nitrogens is 1. The number of carbonyl (C=O) groups is 1. The lowest BCUT2D eigenvalue weighted by atomic mass is 10.2. The number of carbonyl (C=O) groups excluding carboxylic acids is 1. The third-order valence-electron chi connectivity index (χ3n) is 2.73. The molecule has 1 amide bonds. The molecule has 0 radical (unpaired) electrons. The van der Waals surface area contributed by atoms with Crippen molar-refractivity contribution < 1.29 is 38.8 Å². The Morgan fingerprint density at radius 2 is 1.75 bits per heavy atom. The van der Waals surface area contributed by atoms with Crippen LogP contribution in [0, 0.1) is 0 Å². The highest BCUT2D eigenvalue weighted by Gasteiger charge is 2.20. The molecule has 20 heavy (non-hydrogen) atoms. The normalized spacial score (nSPS) is 9.10. The van der Waals surface area contributed by atoms with E-state index in [2.05, 4.69) is 0 Å². The number of nitrogens with zero attached hydrogens (tertiary/aromatic N) is 2. The molecular formula is C14H18IN3O2. The monoisotopic (exact) mass is 387 g/mol. The number of hydrogen-bond acceptors (Lipinski definition) is 2. The highest BCUT2D eigenvalue weighted by molar-refractivity contribution is 5.90. The summed E-state index contributed by atoms with van der Waals surface area (Å²) < 4.78 is 1.76. The highest BCUT2D eigenvalue weighted by Crippen LogP contribution is 2.04. The maximum absolute atomic E-state index is 12.1. The van der Waals surface area contributed by atoms with E-state index in [0.29, 0.717) is 12.2 Å². The van der Waals surface area contributed by atoms with Gasteiger partial charge in [0.15, 0.2) is 6.20 Å². The smallest absolute Gasteiger partial charge is 0.332 e. The van der Waals surface area contributed by atoms with Crippen LogP contribution in [0.25, 0.3) is 0 Å². The average molecular weight is 387 g/mol. The van der Waals surface area contributed by atoms with Gasteiger partial charge in [0.2, 0.25) is 0 Å². The van der Waals surface area contributed by atoms with Gasteiger partial charge in [-0.2, -0.15) is 4.57 Å². The van der Waals surface area contributed by atoms with Gasteiger partial charge < -0.3 is 29.5 Å². The van der Waals surface area contributed by atoms with E-state index < -0.39 is 0 Å². The van der Waals surface area contributed by atoms with Crippen LogP contribution in [0.4, 0.5) is 0 Å². The lowest BCUT2D eigenvalue weighted by Crippen LogP contribution is -3.00. The standard InChI is InChI=1S/C14H15N3O.HI.H2O/c1-16-10-6-5-9-13(16)14(18)17(15)11-12-7-3-2-4-8-12;;/h2-10,15H,11H2,1H3;1H;1H2. The van der Waals surface area contributed by atoms with Crippen LogP contribution in [0.5, 0.6) is 0 Å². The molecule has 2 rings (SSSR count). The lowest BCUT2D eigenvalue weighted by molar-refractivity contribution is -0.673. The van der Waals surface area contributed by atoms with E-state index in [-0.39, 0.29) is 35.4 Å². The molecule has 1 aromatic carbocycles. The number of rotatable bonds is 3. The predicted molar refractivity (Wildman–Crippen MR) is 71.7 cm³/mol. The summed E-state index contributed by atoms with van der Waals surface area (Å²) in [6.45, 7) is 0.397. The largest absolute Gasteiger partial charge is 1.00 e. The van der Waals surface area contributed by atoms with Gasteiger partial charge in [0.1, 0.15) is 7.05 Å². The van der Waals surface area contributed by atoms with Gasteiger partial charge in [0.05, 0.1) is 6.54 Å². The predicted octanol–water partition coefficient (Wildman–Crippen LogP) is -2.79. The first-order valence-electron chi connectivity index (χ1n) is 5.73. The van der Waals surface area contributed by atoms with Crippen molar-refractivity contribution in [2.75, 3.05) is 0 Å². The maximum Gasteiger partial charge on any atom is 0.332 e. The van der Waals surface area contributed by atoms with Gasteiger partial charge in [-0.15, -0.1) is 0 Å². The van der Waals surface area contributed by atoms with E-state index >= 15 is 0 Å². The summed E-state index contributed by atoms with van der Waals surface area (Å²) in [7, 11) is 1.82. The third kappa shape index (κ3) is 4.55. The fourth-order valence-electron chi connectivity index (χ4n) is 1.74. The molecule has 108 valence electrons. The van der Waals surface area contributed by atoms with Crippen molar-refractivity contribution in [3.63, 3.8) is 0 Å². The molecular weight excluding hydrogens is 369 g/mol. The van der Waals surface area contributed by atoms with Crippen LogP contribution in [0.15, 0.2) is 54.7 Å². The molecule has 0 atom stereocenters. The van der Waals surface area contributed by atoms with Crippen molar-refractivity contribution in [2.45, 2.75) is 6.54 Å². The molecule has 0 saturated heterocycles. The lowest BCUT2D eigenvalue weighted by Gasteiger charge is -2.15. The Kier molecular flexibility index (Phi) is 7.97. The van der Waals surface area contributed by atoms with E-state index in [1.54, 1.807) is 10.6 Å². The van der Waals surface area contributed by atoms with Crippen LogP contribution in [0.1, 0.15) is 16.1 Å². The zero-order valence-corrected chi connectivity index (χ0v) is 13.3. The number of nitrogens with two attached hydrogens (primary N) is 1. The van der Waals surface area contributed by atoms with Crippen molar-refractivity contribution in [2.24, 2.45) is 12.9 Å². The summed E-state index contributed by atoms with van der Waals surface area (Å²) >= 11 is 0. The molecule has 0 aliphatic carbocycles. The summed E-state index contributed by atoms with van der Waals surface area (Å²) in [4.78, 5) is 12.1. The number of hydrazine groups is 1. The summed E-state index contributed by atoms with van der Waals surface area (Å²) in [5, 5.41) is 1.23. The van der Waals surface area contributed by atoms with Crippen LogP contribution in [-0.2, 0) is 13.6 Å². The first-order valence-corrected chi connectivity index (χ1v) is 5.73. The molecule has 6 heteroatoms. The first kappa shape index (κ1) is 18.5. The van der Waals surface area contributed by atoms with Crippen LogP contribution >= 0.6 is 0 Å². The minimum Gasteiger partial charge on any atom is -1.00 e. The van der Waals surface area contributed by atoms with E-state index in [1.807, 2.05) is 55.7 Å².